The first-order chi connectivity index (χ1) is 15.7. The van der Waals surface area contributed by atoms with Crippen molar-refractivity contribution in [3.05, 3.63) is 77.4 Å². The maximum atomic E-state index is 13.9. The second-order valence-electron chi connectivity index (χ2n) is 6.51. The van der Waals surface area contributed by atoms with Crippen molar-refractivity contribution in [3.8, 4) is 5.75 Å². The van der Waals surface area contributed by atoms with Crippen molar-refractivity contribution in [1.82, 2.24) is 0 Å². The zero-order valence-electron chi connectivity index (χ0n) is 16.7. The summed E-state index contributed by atoms with van der Waals surface area (Å²) in [7, 11) is -8.83. The van der Waals surface area contributed by atoms with E-state index < -0.39 is 81.9 Å². The average Bonchev–Trinajstić information content (AvgIpc) is 2.73. The first-order valence-electron chi connectivity index (χ1n) is 8.78. The van der Waals surface area contributed by atoms with E-state index in [-0.39, 0.29) is 24.3 Å². The molecule has 0 heterocycles. The quantitative estimate of drug-likeness (QED) is 0.451. The number of hydrogen-bond donors (Lipinski definition) is 2. The van der Waals surface area contributed by atoms with Gasteiger partial charge >= 0.3 is 0 Å². The highest BCUT2D eigenvalue weighted by Gasteiger charge is 2.27. The molecule has 182 valence electrons. The van der Waals surface area contributed by atoms with Crippen LogP contribution in [-0.2, 0) is 20.0 Å². The Morgan fingerprint density at radius 3 is 1.47 bits per heavy atom. The summed E-state index contributed by atoms with van der Waals surface area (Å²) in [6, 6.07) is 2.95. The molecule has 3 aromatic carbocycles. The van der Waals surface area contributed by atoms with Gasteiger partial charge in [-0.15, -0.1) is 0 Å². The molecule has 2 N–H and O–H groups in total. The van der Waals surface area contributed by atoms with E-state index >= 15 is 0 Å². The largest absolute Gasteiger partial charge is 0.495 e. The summed E-state index contributed by atoms with van der Waals surface area (Å²) in [6.07, 6.45) is 0. The number of benzene rings is 3. The molecule has 34 heavy (non-hydrogen) atoms. The Balaban J connectivity index is 2.07. The van der Waals surface area contributed by atoms with E-state index in [0.29, 0.717) is 6.07 Å². The van der Waals surface area contributed by atoms with Gasteiger partial charge in [0.2, 0.25) is 0 Å². The molecule has 0 fully saturated rings. The molecule has 0 unspecified atom stereocenters. The molecule has 15 heteroatoms. The van der Waals surface area contributed by atoms with Crippen LogP contribution in [0.15, 0.2) is 52.3 Å². The molecule has 0 saturated heterocycles. The van der Waals surface area contributed by atoms with Gasteiger partial charge in [-0.05, 0) is 18.2 Å². The number of methoxy groups -OCH3 is 1. The fourth-order valence-corrected chi connectivity index (χ4v) is 5.14. The molecule has 0 bridgehead atoms. The van der Waals surface area contributed by atoms with Crippen LogP contribution in [0.1, 0.15) is 0 Å². The third kappa shape index (κ3) is 5.04. The maximum absolute atomic E-state index is 13.9. The van der Waals surface area contributed by atoms with Crippen LogP contribution in [0, 0.1) is 34.9 Å². The zero-order valence-corrected chi connectivity index (χ0v) is 18.3. The highest BCUT2D eigenvalue weighted by Crippen LogP contribution is 2.31. The van der Waals surface area contributed by atoms with Crippen LogP contribution in [0.5, 0.6) is 5.75 Å². The molecule has 0 aromatic heterocycles. The molecule has 7 nitrogen and oxygen atoms in total. The fraction of sp³-hybridized carbons (Fsp3) is 0.0526. The lowest BCUT2D eigenvalue weighted by atomic mass is 10.3. The second kappa shape index (κ2) is 9.06. The number of ether oxygens (including phenoxy) is 1. The van der Waals surface area contributed by atoms with Crippen LogP contribution >= 0.6 is 0 Å². The lowest BCUT2D eigenvalue weighted by molar-refractivity contribution is 0.402. The van der Waals surface area contributed by atoms with Crippen molar-refractivity contribution in [2.75, 3.05) is 16.6 Å². The first kappa shape index (κ1) is 25.2. The monoisotopic (exact) mass is 526 g/mol. The van der Waals surface area contributed by atoms with Crippen LogP contribution in [0.25, 0.3) is 0 Å². The summed E-state index contributed by atoms with van der Waals surface area (Å²) in [5.74, 6) is -9.51. The van der Waals surface area contributed by atoms with Gasteiger partial charge < -0.3 is 4.74 Å². The zero-order chi connectivity index (χ0) is 25.4. The van der Waals surface area contributed by atoms with E-state index in [2.05, 4.69) is 0 Å². The predicted octanol–water partition coefficient (Wildman–Crippen LogP) is 4.13. The van der Waals surface area contributed by atoms with Crippen molar-refractivity contribution in [3.63, 3.8) is 0 Å². The molecule has 0 aliphatic heterocycles. The van der Waals surface area contributed by atoms with Crippen molar-refractivity contribution in [2.24, 2.45) is 0 Å². The highest BCUT2D eigenvalue weighted by molar-refractivity contribution is 7.93. The predicted molar refractivity (Wildman–Crippen MR) is 107 cm³/mol. The maximum Gasteiger partial charge on any atom is 0.265 e. The van der Waals surface area contributed by atoms with Gasteiger partial charge in [0.1, 0.15) is 33.7 Å². The van der Waals surface area contributed by atoms with Gasteiger partial charge in [0.15, 0.2) is 23.3 Å². The molecular weight excluding hydrogens is 514 g/mol. The van der Waals surface area contributed by atoms with Gasteiger partial charge in [-0.25, -0.2) is 43.2 Å². The SMILES string of the molecule is COc1ccc(S(=O)(=O)Nc2c(F)cc(F)cc2F)cc1S(=O)(=O)Nc1c(F)cc(F)cc1F. The molecule has 0 radical (unpaired) electrons. The van der Waals surface area contributed by atoms with Gasteiger partial charge in [-0.2, -0.15) is 0 Å². The minimum atomic E-state index is -4.96. The number of anilines is 2. The van der Waals surface area contributed by atoms with Gasteiger partial charge in [0, 0.05) is 24.3 Å². The topological polar surface area (TPSA) is 102 Å². The standard InChI is InChI=1S/C19H12F6N2O5S2/c1-32-16-3-2-11(33(28,29)26-18-12(22)4-9(20)5-13(18)23)8-17(16)34(30,31)27-19-14(24)6-10(21)7-15(19)25/h2-8,26-27H,1H3. The number of nitrogens with one attached hydrogen (secondary N) is 2. The van der Waals surface area contributed by atoms with E-state index in [0.717, 1.165) is 19.2 Å². The van der Waals surface area contributed by atoms with Crippen LogP contribution in [-0.4, -0.2) is 23.9 Å². The third-order valence-electron chi connectivity index (χ3n) is 4.22. The molecule has 0 amide bonds. The number of sulfonamides is 2. The van der Waals surface area contributed by atoms with Gasteiger partial charge in [0.05, 0.1) is 12.0 Å². The van der Waals surface area contributed by atoms with Gasteiger partial charge in [-0.3, -0.25) is 9.44 Å². The van der Waals surface area contributed by atoms with Crippen molar-refractivity contribution in [2.45, 2.75) is 9.79 Å². The lowest BCUT2D eigenvalue weighted by Gasteiger charge is -2.15. The Morgan fingerprint density at radius 2 is 1.06 bits per heavy atom. The highest BCUT2D eigenvalue weighted by atomic mass is 32.2. The molecule has 0 aliphatic carbocycles. The summed E-state index contributed by atoms with van der Waals surface area (Å²) < 4.78 is 140. The summed E-state index contributed by atoms with van der Waals surface area (Å²) in [6.45, 7) is 0. The smallest absolute Gasteiger partial charge is 0.265 e. The van der Waals surface area contributed by atoms with Gasteiger partial charge in [0.25, 0.3) is 20.0 Å². The molecular formula is C19H12F6N2O5S2. The van der Waals surface area contributed by atoms with Crippen LogP contribution in [0.2, 0.25) is 0 Å². The van der Waals surface area contributed by atoms with E-state index in [1.807, 2.05) is 0 Å². The number of hydrogen-bond acceptors (Lipinski definition) is 5. The molecule has 0 saturated carbocycles. The van der Waals surface area contributed by atoms with Crippen molar-refractivity contribution in [1.29, 1.82) is 0 Å². The van der Waals surface area contributed by atoms with E-state index in [1.165, 1.54) is 9.44 Å². The Bertz CT molecular complexity index is 1450. The Kier molecular flexibility index (Phi) is 6.71. The fourth-order valence-electron chi connectivity index (χ4n) is 2.70. The van der Waals surface area contributed by atoms with Crippen molar-refractivity contribution < 1.29 is 47.9 Å². The molecule has 3 rings (SSSR count). The Labute approximate surface area is 189 Å². The molecule has 0 atom stereocenters. The first-order valence-corrected chi connectivity index (χ1v) is 11.7. The molecule has 0 spiro atoms. The third-order valence-corrected chi connectivity index (χ3v) is 6.94. The van der Waals surface area contributed by atoms with Gasteiger partial charge in [-0.1, -0.05) is 0 Å². The Morgan fingerprint density at radius 1 is 0.647 bits per heavy atom. The van der Waals surface area contributed by atoms with E-state index in [1.54, 1.807) is 0 Å². The van der Waals surface area contributed by atoms with Crippen molar-refractivity contribution >= 4 is 31.4 Å². The number of halogens is 6. The Hall–Kier alpha value is -3.46. The normalized spacial score (nSPS) is 11.9. The van der Waals surface area contributed by atoms with E-state index in [4.69, 9.17) is 4.74 Å². The summed E-state index contributed by atoms with van der Waals surface area (Å²) >= 11 is 0. The number of rotatable bonds is 7. The average molecular weight is 526 g/mol. The van der Waals surface area contributed by atoms with Crippen LogP contribution in [0.3, 0.4) is 0 Å². The minimum absolute atomic E-state index is 0.203. The molecule has 0 aliphatic rings. The minimum Gasteiger partial charge on any atom is -0.495 e. The second-order valence-corrected chi connectivity index (χ2v) is 9.85. The lowest BCUT2D eigenvalue weighted by Crippen LogP contribution is -2.19. The summed E-state index contributed by atoms with van der Waals surface area (Å²) in [4.78, 5) is -1.81. The van der Waals surface area contributed by atoms with Crippen LogP contribution in [0.4, 0.5) is 37.7 Å². The van der Waals surface area contributed by atoms with Crippen LogP contribution < -0.4 is 14.2 Å². The summed E-state index contributed by atoms with van der Waals surface area (Å²) in [5, 5.41) is 0. The van der Waals surface area contributed by atoms with E-state index in [9.17, 15) is 43.2 Å². The summed E-state index contributed by atoms with van der Waals surface area (Å²) in [5.41, 5.74) is -2.50. The molecule has 3 aromatic rings.